The Bertz CT molecular complexity index is 476. The first kappa shape index (κ1) is 9.58. The van der Waals surface area contributed by atoms with Crippen LogP contribution < -0.4 is 4.74 Å². The largest absolute Gasteiger partial charge is 0.504 e. The van der Waals surface area contributed by atoms with E-state index in [0.29, 0.717) is 17.3 Å². The van der Waals surface area contributed by atoms with E-state index >= 15 is 0 Å². The van der Waals surface area contributed by atoms with Gasteiger partial charge in [0.05, 0.1) is 7.11 Å². The summed E-state index contributed by atoms with van der Waals surface area (Å²) in [5.41, 5.74) is 1.50. The van der Waals surface area contributed by atoms with E-state index in [1.165, 1.54) is 7.11 Å². The first-order valence-corrected chi connectivity index (χ1v) is 4.50. The van der Waals surface area contributed by atoms with E-state index in [-0.39, 0.29) is 5.75 Å². The fourth-order valence-electron chi connectivity index (χ4n) is 1.35. The predicted octanol–water partition coefficient (Wildman–Crippen LogP) is 2.36. The summed E-state index contributed by atoms with van der Waals surface area (Å²) < 4.78 is 10.0. The quantitative estimate of drug-likeness (QED) is 0.817. The second-order valence-electron chi connectivity index (χ2n) is 3.14. The molecule has 1 heterocycles. The van der Waals surface area contributed by atoms with Gasteiger partial charge in [-0.15, -0.1) is 0 Å². The zero-order chi connectivity index (χ0) is 10.8. The monoisotopic (exact) mass is 205 g/mol. The Kier molecular flexibility index (Phi) is 2.33. The average Bonchev–Trinajstić information content (AvgIpc) is 2.65. The van der Waals surface area contributed by atoms with E-state index in [2.05, 4.69) is 4.98 Å². The molecule has 4 nitrogen and oxygen atoms in total. The van der Waals surface area contributed by atoms with E-state index in [1.54, 1.807) is 25.3 Å². The molecule has 15 heavy (non-hydrogen) atoms. The van der Waals surface area contributed by atoms with Crippen molar-refractivity contribution in [2.24, 2.45) is 0 Å². The van der Waals surface area contributed by atoms with Gasteiger partial charge in [0.2, 0.25) is 0 Å². The van der Waals surface area contributed by atoms with Crippen LogP contribution in [0.4, 0.5) is 0 Å². The topological polar surface area (TPSA) is 55.5 Å². The first-order valence-electron chi connectivity index (χ1n) is 4.50. The molecular formula is C11H11NO3. The molecule has 0 unspecified atom stereocenters. The van der Waals surface area contributed by atoms with Crippen molar-refractivity contribution in [2.45, 2.75) is 6.92 Å². The standard InChI is InChI=1S/C11H11NO3/c1-7-12-9(6-15-7)8-3-4-11(14-2)10(13)5-8/h3-6,13H,1-2H3. The molecule has 2 rings (SSSR count). The third-order valence-corrected chi connectivity index (χ3v) is 2.09. The molecule has 1 aromatic heterocycles. The fourth-order valence-corrected chi connectivity index (χ4v) is 1.35. The lowest BCUT2D eigenvalue weighted by Crippen LogP contribution is -1.84. The van der Waals surface area contributed by atoms with Crippen LogP contribution in [0.5, 0.6) is 11.5 Å². The normalized spacial score (nSPS) is 10.3. The lowest BCUT2D eigenvalue weighted by atomic mass is 10.1. The Morgan fingerprint density at radius 2 is 2.20 bits per heavy atom. The van der Waals surface area contributed by atoms with Crippen LogP contribution in [-0.4, -0.2) is 17.2 Å². The lowest BCUT2D eigenvalue weighted by molar-refractivity contribution is 0.373. The number of hydrogen-bond acceptors (Lipinski definition) is 4. The van der Waals surface area contributed by atoms with Crippen molar-refractivity contribution < 1.29 is 14.3 Å². The number of rotatable bonds is 2. The van der Waals surface area contributed by atoms with E-state index < -0.39 is 0 Å². The molecule has 4 heteroatoms. The number of phenols is 1. The van der Waals surface area contributed by atoms with Crippen molar-refractivity contribution in [3.8, 4) is 22.8 Å². The van der Waals surface area contributed by atoms with Gasteiger partial charge in [-0.3, -0.25) is 0 Å². The third kappa shape index (κ3) is 1.79. The number of aryl methyl sites for hydroxylation is 1. The first-order chi connectivity index (χ1) is 7.20. The summed E-state index contributed by atoms with van der Waals surface area (Å²) in [6.07, 6.45) is 1.55. The van der Waals surface area contributed by atoms with Crippen LogP contribution in [0.3, 0.4) is 0 Å². The summed E-state index contributed by atoms with van der Waals surface area (Å²) in [4.78, 5) is 4.16. The summed E-state index contributed by atoms with van der Waals surface area (Å²) in [6.45, 7) is 1.77. The maximum atomic E-state index is 9.58. The summed E-state index contributed by atoms with van der Waals surface area (Å²) in [5.74, 6) is 1.13. The minimum atomic E-state index is 0.0932. The van der Waals surface area contributed by atoms with Gasteiger partial charge in [0.1, 0.15) is 12.0 Å². The van der Waals surface area contributed by atoms with Crippen molar-refractivity contribution in [3.63, 3.8) is 0 Å². The molecule has 0 saturated carbocycles. The highest BCUT2D eigenvalue weighted by Gasteiger charge is 2.07. The molecule has 0 aliphatic carbocycles. The summed E-state index contributed by atoms with van der Waals surface area (Å²) in [6, 6.07) is 5.10. The van der Waals surface area contributed by atoms with Crippen LogP contribution in [0.1, 0.15) is 5.89 Å². The zero-order valence-electron chi connectivity index (χ0n) is 8.52. The van der Waals surface area contributed by atoms with E-state index in [9.17, 15) is 5.11 Å². The highest BCUT2D eigenvalue weighted by atomic mass is 16.5. The zero-order valence-corrected chi connectivity index (χ0v) is 8.52. The molecule has 1 N–H and O–H groups in total. The maximum Gasteiger partial charge on any atom is 0.191 e. The molecule has 0 fully saturated rings. The number of aromatic nitrogens is 1. The molecule has 0 radical (unpaired) electrons. The number of methoxy groups -OCH3 is 1. The van der Waals surface area contributed by atoms with Crippen LogP contribution in [0.15, 0.2) is 28.9 Å². The summed E-state index contributed by atoms with van der Waals surface area (Å²) >= 11 is 0. The van der Waals surface area contributed by atoms with Gasteiger partial charge in [0.15, 0.2) is 17.4 Å². The highest BCUT2D eigenvalue weighted by Crippen LogP contribution is 2.30. The van der Waals surface area contributed by atoms with Crippen LogP contribution in [0.25, 0.3) is 11.3 Å². The van der Waals surface area contributed by atoms with E-state index in [0.717, 1.165) is 5.56 Å². The number of phenolic OH excluding ortho intramolecular Hbond substituents is 1. The SMILES string of the molecule is COc1ccc(-c2coc(C)n2)cc1O. The molecule has 0 atom stereocenters. The number of oxazole rings is 1. The Morgan fingerprint density at radius 1 is 1.40 bits per heavy atom. The Balaban J connectivity index is 2.42. The summed E-state index contributed by atoms with van der Waals surface area (Å²) in [5, 5.41) is 9.58. The second-order valence-corrected chi connectivity index (χ2v) is 3.14. The molecule has 0 bridgehead atoms. The number of ether oxygens (including phenoxy) is 1. The molecular weight excluding hydrogens is 194 g/mol. The van der Waals surface area contributed by atoms with E-state index in [4.69, 9.17) is 9.15 Å². The average molecular weight is 205 g/mol. The van der Waals surface area contributed by atoms with Gasteiger partial charge >= 0.3 is 0 Å². The Labute approximate surface area is 87.1 Å². The number of hydrogen-bond donors (Lipinski definition) is 1. The number of nitrogens with zero attached hydrogens (tertiary/aromatic N) is 1. The van der Waals surface area contributed by atoms with Crippen LogP contribution in [0, 0.1) is 6.92 Å². The molecule has 1 aromatic carbocycles. The number of aromatic hydroxyl groups is 1. The maximum absolute atomic E-state index is 9.58. The molecule has 0 aliphatic rings. The Hall–Kier alpha value is -1.97. The van der Waals surface area contributed by atoms with Gasteiger partial charge in [0, 0.05) is 12.5 Å². The molecule has 2 aromatic rings. The highest BCUT2D eigenvalue weighted by molar-refractivity contribution is 5.62. The minimum Gasteiger partial charge on any atom is -0.504 e. The van der Waals surface area contributed by atoms with Crippen molar-refractivity contribution in [3.05, 3.63) is 30.4 Å². The minimum absolute atomic E-state index is 0.0932. The molecule has 0 saturated heterocycles. The van der Waals surface area contributed by atoms with Crippen molar-refractivity contribution >= 4 is 0 Å². The molecule has 0 aliphatic heterocycles. The van der Waals surface area contributed by atoms with E-state index in [1.807, 2.05) is 6.07 Å². The van der Waals surface area contributed by atoms with Gasteiger partial charge in [-0.25, -0.2) is 4.98 Å². The van der Waals surface area contributed by atoms with Gasteiger partial charge < -0.3 is 14.3 Å². The molecule has 0 spiro atoms. The smallest absolute Gasteiger partial charge is 0.191 e. The molecule has 0 amide bonds. The van der Waals surface area contributed by atoms with Crippen molar-refractivity contribution in [1.29, 1.82) is 0 Å². The predicted molar refractivity (Wildman–Crippen MR) is 54.9 cm³/mol. The van der Waals surface area contributed by atoms with Crippen LogP contribution >= 0.6 is 0 Å². The van der Waals surface area contributed by atoms with Crippen molar-refractivity contribution in [1.82, 2.24) is 4.98 Å². The number of benzene rings is 1. The second kappa shape index (κ2) is 3.65. The fraction of sp³-hybridized carbons (Fsp3) is 0.182. The van der Waals surface area contributed by atoms with Crippen LogP contribution in [-0.2, 0) is 0 Å². The van der Waals surface area contributed by atoms with Gasteiger partial charge in [-0.2, -0.15) is 0 Å². The van der Waals surface area contributed by atoms with Crippen molar-refractivity contribution in [2.75, 3.05) is 7.11 Å². The molecule has 78 valence electrons. The summed E-state index contributed by atoms with van der Waals surface area (Å²) in [7, 11) is 1.51. The lowest BCUT2D eigenvalue weighted by Gasteiger charge is -2.03. The van der Waals surface area contributed by atoms with Gasteiger partial charge in [-0.05, 0) is 18.2 Å². The van der Waals surface area contributed by atoms with Gasteiger partial charge in [-0.1, -0.05) is 0 Å². The third-order valence-electron chi connectivity index (χ3n) is 2.09. The Morgan fingerprint density at radius 3 is 2.73 bits per heavy atom. The van der Waals surface area contributed by atoms with Crippen LogP contribution in [0.2, 0.25) is 0 Å². The van der Waals surface area contributed by atoms with Gasteiger partial charge in [0.25, 0.3) is 0 Å².